The van der Waals surface area contributed by atoms with Gasteiger partial charge in [0.1, 0.15) is 0 Å². The Labute approximate surface area is 119 Å². The molecule has 1 aromatic carbocycles. The number of aliphatic hydroxyl groups is 1. The number of aliphatic hydroxyl groups excluding tert-OH is 1. The van der Waals surface area contributed by atoms with E-state index >= 15 is 0 Å². The zero-order chi connectivity index (χ0) is 14.7. The van der Waals surface area contributed by atoms with Crippen LogP contribution in [0.15, 0.2) is 24.3 Å². The first-order valence-electron chi connectivity index (χ1n) is 7.10. The number of carbonyl (C=O) groups is 2. The molecule has 4 nitrogen and oxygen atoms in total. The van der Waals surface area contributed by atoms with Crippen molar-refractivity contribution < 1.29 is 14.7 Å². The minimum Gasteiger partial charge on any atom is -0.396 e. The average Bonchev–Trinajstić information content (AvgIpc) is 2.64. The second-order valence-electron chi connectivity index (χ2n) is 5.77. The molecule has 0 saturated carbocycles. The molecule has 4 heteroatoms. The first-order valence-corrected chi connectivity index (χ1v) is 7.10. The smallest absolute Gasteiger partial charge is 0.261 e. The molecule has 1 aromatic rings. The summed E-state index contributed by atoms with van der Waals surface area (Å²) in [5.74, 6) is 0.207. The molecular formula is C16H21NO3. The molecule has 0 spiro atoms. The lowest BCUT2D eigenvalue weighted by Crippen LogP contribution is -2.35. The van der Waals surface area contributed by atoms with Crippen molar-refractivity contribution in [1.29, 1.82) is 0 Å². The Morgan fingerprint density at radius 1 is 1.10 bits per heavy atom. The van der Waals surface area contributed by atoms with E-state index in [0.29, 0.717) is 30.0 Å². The summed E-state index contributed by atoms with van der Waals surface area (Å²) in [6, 6.07) is 6.93. The highest BCUT2D eigenvalue weighted by Crippen LogP contribution is 2.25. The fourth-order valence-electron chi connectivity index (χ4n) is 2.80. The highest BCUT2D eigenvalue weighted by molar-refractivity contribution is 6.21. The standard InChI is InChI=1S/C16H21NO3/c1-11(2)9-12(7-8-18)10-17-15(19)13-5-3-4-6-14(13)16(17)20/h3-6,11-12,18H,7-10H2,1-2H3/t12-/m1/s1. The maximum atomic E-state index is 12.3. The third-order valence-corrected chi connectivity index (χ3v) is 3.66. The summed E-state index contributed by atoms with van der Waals surface area (Å²) in [5.41, 5.74) is 0.981. The van der Waals surface area contributed by atoms with Crippen molar-refractivity contribution in [3.63, 3.8) is 0 Å². The van der Waals surface area contributed by atoms with Gasteiger partial charge >= 0.3 is 0 Å². The maximum absolute atomic E-state index is 12.3. The van der Waals surface area contributed by atoms with Crippen LogP contribution < -0.4 is 0 Å². The fourth-order valence-corrected chi connectivity index (χ4v) is 2.80. The molecule has 108 valence electrons. The van der Waals surface area contributed by atoms with Gasteiger partial charge in [0.05, 0.1) is 11.1 Å². The predicted octanol–water partition coefficient (Wildman–Crippen LogP) is 2.33. The Bertz CT molecular complexity index is 475. The van der Waals surface area contributed by atoms with Crippen LogP contribution in [0.4, 0.5) is 0 Å². The van der Waals surface area contributed by atoms with Crippen LogP contribution in [0.5, 0.6) is 0 Å². The first-order chi connectivity index (χ1) is 9.54. The molecule has 2 rings (SSSR count). The van der Waals surface area contributed by atoms with Crippen LogP contribution in [-0.2, 0) is 0 Å². The van der Waals surface area contributed by atoms with Crippen molar-refractivity contribution in [1.82, 2.24) is 4.90 Å². The normalized spacial score (nSPS) is 15.9. The van der Waals surface area contributed by atoms with Crippen molar-refractivity contribution >= 4 is 11.8 Å². The molecule has 1 aliphatic rings. The Kier molecular flexibility index (Phi) is 4.55. The fraction of sp³-hybridized carbons (Fsp3) is 0.500. The number of imide groups is 1. The lowest BCUT2D eigenvalue weighted by molar-refractivity contribution is 0.0611. The van der Waals surface area contributed by atoms with E-state index in [2.05, 4.69) is 13.8 Å². The molecule has 0 bridgehead atoms. The summed E-state index contributed by atoms with van der Waals surface area (Å²) >= 11 is 0. The number of nitrogens with zero attached hydrogens (tertiary/aromatic N) is 1. The van der Waals surface area contributed by atoms with E-state index in [4.69, 9.17) is 5.11 Å². The Balaban J connectivity index is 2.14. The molecule has 1 heterocycles. The van der Waals surface area contributed by atoms with Crippen molar-refractivity contribution in [2.45, 2.75) is 26.7 Å². The Morgan fingerprint density at radius 2 is 1.65 bits per heavy atom. The van der Waals surface area contributed by atoms with E-state index in [-0.39, 0.29) is 24.3 Å². The van der Waals surface area contributed by atoms with Gasteiger partial charge in [0.25, 0.3) is 11.8 Å². The van der Waals surface area contributed by atoms with Gasteiger partial charge in [-0.15, -0.1) is 0 Å². The van der Waals surface area contributed by atoms with Crippen LogP contribution in [0.1, 0.15) is 47.4 Å². The van der Waals surface area contributed by atoms with E-state index < -0.39 is 0 Å². The molecule has 0 aliphatic carbocycles. The van der Waals surface area contributed by atoms with Crippen LogP contribution in [0.2, 0.25) is 0 Å². The molecule has 0 saturated heterocycles. The van der Waals surface area contributed by atoms with Crippen LogP contribution in [-0.4, -0.2) is 35.0 Å². The van der Waals surface area contributed by atoms with Gasteiger partial charge in [-0.1, -0.05) is 26.0 Å². The summed E-state index contributed by atoms with van der Waals surface area (Å²) in [6.45, 7) is 4.69. The van der Waals surface area contributed by atoms with E-state index in [0.717, 1.165) is 6.42 Å². The van der Waals surface area contributed by atoms with E-state index in [1.165, 1.54) is 4.90 Å². The molecule has 1 atom stereocenters. The molecule has 2 amide bonds. The zero-order valence-electron chi connectivity index (χ0n) is 12.0. The van der Waals surface area contributed by atoms with Crippen molar-refractivity contribution in [3.05, 3.63) is 35.4 Å². The number of hydrogen-bond donors (Lipinski definition) is 1. The topological polar surface area (TPSA) is 57.6 Å². The van der Waals surface area contributed by atoms with Crippen LogP contribution in [0.25, 0.3) is 0 Å². The van der Waals surface area contributed by atoms with Gasteiger partial charge in [0.2, 0.25) is 0 Å². The van der Waals surface area contributed by atoms with E-state index in [1.54, 1.807) is 24.3 Å². The number of hydrogen-bond acceptors (Lipinski definition) is 3. The van der Waals surface area contributed by atoms with Gasteiger partial charge in [-0.25, -0.2) is 0 Å². The summed E-state index contributed by atoms with van der Waals surface area (Å²) < 4.78 is 0. The minimum atomic E-state index is -0.211. The predicted molar refractivity (Wildman–Crippen MR) is 76.5 cm³/mol. The van der Waals surface area contributed by atoms with Gasteiger partial charge in [-0.2, -0.15) is 0 Å². The first kappa shape index (κ1) is 14.7. The lowest BCUT2D eigenvalue weighted by atomic mass is 9.94. The molecule has 0 radical (unpaired) electrons. The zero-order valence-corrected chi connectivity index (χ0v) is 12.0. The molecule has 1 N–H and O–H groups in total. The van der Waals surface area contributed by atoms with Gasteiger partial charge in [-0.05, 0) is 36.8 Å². The molecule has 0 aromatic heterocycles. The summed E-state index contributed by atoms with van der Waals surface area (Å²) in [7, 11) is 0. The quantitative estimate of drug-likeness (QED) is 0.811. The number of benzene rings is 1. The van der Waals surface area contributed by atoms with Crippen molar-refractivity contribution in [3.8, 4) is 0 Å². The molecule has 20 heavy (non-hydrogen) atoms. The molecule has 0 fully saturated rings. The third kappa shape index (κ3) is 2.90. The van der Waals surface area contributed by atoms with E-state index in [9.17, 15) is 9.59 Å². The van der Waals surface area contributed by atoms with Gasteiger partial charge in [0, 0.05) is 13.2 Å². The second-order valence-corrected chi connectivity index (χ2v) is 5.77. The molecule has 1 aliphatic heterocycles. The summed E-state index contributed by atoms with van der Waals surface area (Å²) in [4.78, 5) is 25.9. The highest BCUT2D eigenvalue weighted by Gasteiger charge is 2.36. The number of rotatable bonds is 6. The summed E-state index contributed by atoms with van der Waals surface area (Å²) in [5, 5.41) is 9.14. The number of fused-ring (bicyclic) bond motifs is 1. The lowest BCUT2D eigenvalue weighted by Gasteiger charge is -2.23. The number of carbonyl (C=O) groups excluding carboxylic acids is 2. The van der Waals surface area contributed by atoms with Crippen LogP contribution in [0, 0.1) is 11.8 Å². The third-order valence-electron chi connectivity index (χ3n) is 3.66. The Morgan fingerprint density at radius 3 is 2.10 bits per heavy atom. The van der Waals surface area contributed by atoms with Gasteiger partial charge in [0.15, 0.2) is 0 Å². The maximum Gasteiger partial charge on any atom is 0.261 e. The van der Waals surface area contributed by atoms with Crippen molar-refractivity contribution in [2.24, 2.45) is 11.8 Å². The highest BCUT2D eigenvalue weighted by atomic mass is 16.3. The second kappa shape index (κ2) is 6.18. The van der Waals surface area contributed by atoms with Gasteiger partial charge < -0.3 is 5.11 Å². The van der Waals surface area contributed by atoms with Crippen molar-refractivity contribution in [2.75, 3.05) is 13.2 Å². The SMILES string of the molecule is CC(C)C[C@@H](CCO)CN1C(=O)c2ccccc2C1=O. The average molecular weight is 275 g/mol. The Hall–Kier alpha value is -1.68. The van der Waals surface area contributed by atoms with Gasteiger partial charge in [-0.3, -0.25) is 14.5 Å². The molecule has 0 unspecified atom stereocenters. The van der Waals surface area contributed by atoms with E-state index in [1.807, 2.05) is 0 Å². The van der Waals surface area contributed by atoms with Crippen LogP contribution in [0.3, 0.4) is 0 Å². The largest absolute Gasteiger partial charge is 0.396 e. The monoisotopic (exact) mass is 275 g/mol. The minimum absolute atomic E-state index is 0.0839. The summed E-state index contributed by atoms with van der Waals surface area (Å²) in [6.07, 6.45) is 1.51. The number of amides is 2. The molecular weight excluding hydrogens is 254 g/mol. The van der Waals surface area contributed by atoms with Crippen LogP contribution >= 0.6 is 0 Å².